The number of aromatic nitrogens is 1. The van der Waals surface area contributed by atoms with Gasteiger partial charge in [0.2, 0.25) is 0 Å². The zero-order chi connectivity index (χ0) is 24.2. The van der Waals surface area contributed by atoms with Gasteiger partial charge >= 0.3 is 0 Å². The largest absolute Gasteiger partial charge is 0.497 e. The number of fused-ring (bicyclic) bond motifs is 1. The smallest absolute Gasteiger partial charge is 0.252 e. The van der Waals surface area contributed by atoms with Gasteiger partial charge in [0.05, 0.1) is 23.2 Å². The Morgan fingerprint density at radius 3 is 2.49 bits per heavy atom. The van der Waals surface area contributed by atoms with Gasteiger partial charge < -0.3 is 14.5 Å². The van der Waals surface area contributed by atoms with Crippen LogP contribution in [-0.4, -0.2) is 24.5 Å². The van der Waals surface area contributed by atoms with E-state index in [1.54, 1.807) is 13.2 Å². The maximum Gasteiger partial charge on any atom is 0.252 e. The third-order valence-corrected chi connectivity index (χ3v) is 6.15. The van der Waals surface area contributed by atoms with Crippen LogP contribution < -0.4 is 10.1 Å². The van der Waals surface area contributed by atoms with E-state index in [1.165, 1.54) is 0 Å². The normalized spacial score (nSPS) is 10.9. The summed E-state index contributed by atoms with van der Waals surface area (Å²) < 4.78 is 11.3. The molecule has 0 radical (unpaired) electrons. The molecule has 1 N–H and O–H groups in total. The molecular formula is C29H23ClN2O3. The summed E-state index contributed by atoms with van der Waals surface area (Å²) in [5.41, 5.74) is 3.78. The minimum absolute atomic E-state index is 0.156. The van der Waals surface area contributed by atoms with Crippen molar-refractivity contribution in [3.8, 4) is 28.5 Å². The average molecular weight is 483 g/mol. The Kier molecular flexibility index (Phi) is 6.51. The average Bonchev–Trinajstić information content (AvgIpc) is 3.39. The van der Waals surface area contributed by atoms with Gasteiger partial charge in [0.25, 0.3) is 5.91 Å². The summed E-state index contributed by atoms with van der Waals surface area (Å²) >= 11 is 6.33. The molecule has 5 rings (SSSR count). The Hall–Kier alpha value is -4.09. The van der Waals surface area contributed by atoms with Gasteiger partial charge in [-0.05, 0) is 60.5 Å². The number of hydrogen-bond acceptors (Lipinski definition) is 4. The zero-order valence-electron chi connectivity index (χ0n) is 19.1. The molecule has 0 aliphatic carbocycles. The molecule has 2 heterocycles. The number of nitrogens with one attached hydrogen (secondary N) is 1. The van der Waals surface area contributed by atoms with Crippen LogP contribution in [0, 0.1) is 0 Å². The Morgan fingerprint density at radius 1 is 0.943 bits per heavy atom. The molecule has 0 saturated heterocycles. The van der Waals surface area contributed by atoms with Gasteiger partial charge in [-0.25, -0.2) is 4.98 Å². The molecule has 2 aromatic heterocycles. The van der Waals surface area contributed by atoms with Crippen LogP contribution in [0.3, 0.4) is 0 Å². The molecule has 6 heteroatoms. The van der Waals surface area contributed by atoms with E-state index >= 15 is 0 Å². The molecule has 0 atom stereocenters. The molecule has 0 spiro atoms. The number of furan rings is 1. The van der Waals surface area contributed by atoms with Crippen LogP contribution in [0.5, 0.6) is 5.75 Å². The Bertz CT molecular complexity index is 1490. The SMILES string of the molecule is COc1ccc(CCNC(=O)c2cc(-c3ccc(-c4ccccc4Cl)o3)nc3ccccc23)cc1. The number of hydrogen-bond donors (Lipinski definition) is 1. The molecule has 0 unspecified atom stereocenters. The summed E-state index contributed by atoms with van der Waals surface area (Å²) in [5.74, 6) is 1.87. The molecule has 0 aliphatic rings. The lowest BCUT2D eigenvalue weighted by atomic mass is 10.1. The maximum absolute atomic E-state index is 13.2. The predicted octanol–water partition coefficient (Wildman–Crippen LogP) is 6.80. The fourth-order valence-electron chi connectivity index (χ4n) is 3.98. The molecule has 0 fully saturated rings. The highest BCUT2D eigenvalue weighted by Crippen LogP contribution is 2.33. The first-order chi connectivity index (χ1) is 17.1. The number of para-hydroxylation sites is 1. The summed E-state index contributed by atoms with van der Waals surface area (Å²) in [5, 5.41) is 4.44. The first kappa shape index (κ1) is 22.7. The van der Waals surface area contributed by atoms with Gasteiger partial charge in [0.1, 0.15) is 17.2 Å². The molecule has 3 aromatic carbocycles. The van der Waals surface area contributed by atoms with E-state index in [-0.39, 0.29) is 5.91 Å². The van der Waals surface area contributed by atoms with Gasteiger partial charge in [-0.2, -0.15) is 0 Å². The van der Waals surface area contributed by atoms with Crippen LogP contribution in [0.2, 0.25) is 5.02 Å². The highest BCUT2D eigenvalue weighted by molar-refractivity contribution is 6.33. The van der Waals surface area contributed by atoms with E-state index in [0.29, 0.717) is 40.8 Å². The van der Waals surface area contributed by atoms with Gasteiger partial charge in [0, 0.05) is 17.5 Å². The molecule has 5 aromatic rings. The number of ether oxygens (including phenoxy) is 1. The van der Waals surface area contributed by atoms with E-state index in [1.807, 2.05) is 84.9 Å². The number of amides is 1. The molecule has 174 valence electrons. The Labute approximate surface area is 208 Å². The number of carbonyl (C=O) groups excluding carboxylic acids is 1. The van der Waals surface area contributed by atoms with E-state index in [2.05, 4.69) is 5.32 Å². The summed E-state index contributed by atoms with van der Waals surface area (Å²) in [4.78, 5) is 17.9. The van der Waals surface area contributed by atoms with Crippen molar-refractivity contribution < 1.29 is 13.9 Å². The second kappa shape index (κ2) is 10.0. The van der Waals surface area contributed by atoms with Gasteiger partial charge in [-0.15, -0.1) is 0 Å². The number of carbonyl (C=O) groups is 1. The van der Waals surface area contributed by atoms with Crippen LogP contribution in [-0.2, 0) is 6.42 Å². The van der Waals surface area contributed by atoms with Crippen LogP contribution >= 0.6 is 11.6 Å². The fourth-order valence-corrected chi connectivity index (χ4v) is 4.21. The van der Waals surface area contributed by atoms with Gasteiger partial charge in [-0.3, -0.25) is 4.79 Å². The number of halogens is 1. The Morgan fingerprint density at radius 2 is 1.69 bits per heavy atom. The number of benzene rings is 3. The molecule has 1 amide bonds. The van der Waals surface area contributed by atoms with Crippen LogP contribution in [0.25, 0.3) is 33.7 Å². The van der Waals surface area contributed by atoms with Crippen LogP contribution in [0.15, 0.2) is 95.4 Å². The van der Waals surface area contributed by atoms with E-state index in [0.717, 1.165) is 27.8 Å². The molecule has 0 aliphatic heterocycles. The molecular weight excluding hydrogens is 460 g/mol. The van der Waals surface area contributed by atoms with Crippen molar-refractivity contribution in [1.29, 1.82) is 0 Å². The molecule has 0 bridgehead atoms. The van der Waals surface area contributed by atoms with Crippen LogP contribution in [0.4, 0.5) is 0 Å². The number of pyridine rings is 1. The topological polar surface area (TPSA) is 64.4 Å². The lowest BCUT2D eigenvalue weighted by Gasteiger charge is -2.10. The first-order valence-corrected chi connectivity index (χ1v) is 11.7. The van der Waals surface area contributed by atoms with Crippen molar-refractivity contribution in [2.75, 3.05) is 13.7 Å². The highest BCUT2D eigenvalue weighted by Gasteiger charge is 2.16. The minimum atomic E-state index is -0.156. The van der Waals surface area contributed by atoms with Crippen molar-refractivity contribution >= 4 is 28.4 Å². The third-order valence-electron chi connectivity index (χ3n) is 5.82. The quantitative estimate of drug-likeness (QED) is 0.277. The van der Waals surface area contributed by atoms with Gasteiger partial charge in [0.15, 0.2) is 5.76 Å². The van der Waals surface area contributed by atoms with Crippen LogP contribution in [0.1, 0.15) is 15.9 Å². The number of methoxy groups -OCH3 is 1. The van der Waals surface area contributed by atoms with E-state index in [9.17, 15) is 4.79 Å². The lowest BCUT2D eigenvalue weighted by Crippen LogP contribution is -2.26. The second-order valence-electron chi connectivity index (χ2n) is 8.07. The first-order valence-electron chi connectivity index (χ1n) is 11.3. The van der Waals surface area contributed by atoms with Crippen molar-refractivity contribution in [2.45, 2.75) is 6.42 Å². The van der Waals surface area contributed by atoms with Crippen molar-refractivity contribution in [1.82, 2.24) is 10.3 Å². The summed E-state index contributed by atoms with van der Waals surface area (Å²) in [6, 6.07) is 28.4. The van der Waals surface area contributed by atoms with E-state index in [4.69, 9.17) is 25.7 Å². The fraction of sp³-hybridized carbons (Fsp3) is 0.103. The van der Waals surface area contributed by atoms with E-state index < -0.39 is 0 Å². The minimum Gasteiger partial charge on any atom is -0.497 e. The maximum atomic E-state index is 13.2. The standard InChI is InChI=1S/C29H23ClN2O3/c1-34-20-12-10-19(11-13-20)16-17-31-29(33)23-18-26(32-25-9-5-3-6-21(23)25)28-15-14-27(35-28)22-7-2-4-8-24(22)30/h2-15,18H,16-17H2,1H3,(H,31,33). The zero-order valence-corrected chi connectivity index (χ0v) is 19.9. The van der Waals surface area contributed by atoms with Crippen molar-refractivity contribution in [2.24, 2.45) is 0 Å². The molecule has 35 heavy (non-hydrogen) atoms. The summed E-state index contributed by atoms with van der Waals surface area (Å²) in [7, 11) is 1.64. The van der Waals surface area contributed by atoms with Crippen molar-refractivity contribution in [3.63, 3.8) is 0 Å². The monoisotopic (exact) mass is 482 g/mol. The number of nitrogens with zero attached hydrogens (tertiary/aromatic N) is 1. The highest BCUT2D eigenvalue weighted by atomic mass is 35.5. The predicted molar refractivity (Wildman–Crippen MR) is 139 cm³/mol. The molecule has 0 saturated carbocycles. The summed E-state index contributed by atoms with van der Waals surface area (Å²) in [6.45, 7) is 0.508. The van der Waals surface area contributed by atoms with Crippen molar-refractivity contribution in [3.05, 3.63) is 107 Å². The molecule has 5 nitrogen and oxygen atoms in total. The number of rotatable bonds is 7. The lowest BCUT2D eigenvalue weighted by molar-refractivity contribution is 0.0955. The third kappa shape index (κ3) is 4.91. The Balaban J connectivity index is 1.40. The van der Waals surface area contributed by atoms with Gasteiger partial charge in [-0.1, -0.05) is 54.1 Å². The second-order valence-corrected chi connectivity index (χ2v) is 8.48. The summed E-state index contributed by atoms with van der Waals surface area (Å²) in [6.07, 6.45) is 0.713.